The third-order valence-electron chi connectivity index (χ3n) is 1.99. The summed E-state index contributed by atoms with van der Waals surface area (Å²) in [6.45, 7) is 0. The molecule has 74 valence electrons. The fourth-order valence-corrected chi connectivity index (χ4v) is 1.26. The number of nitriles is 1. The number of nitrogens with zero attached hydrogens (tertiary/aromatic N) is 3. The van der Waals surface area contributed by atoms with Crippen LogP contribution >= 0.6 is 0 Å². The maximum absolute atomic E-state index is 8.82. The molecule has 0 spiro atoms. The molecule has 2 rings (SSSR count). The average molecular weight is 199 g/mol. The van der Waals surface area contributed by atoms with E-state index in [1.54, 1.807) is 36.7 Å². The van der Waals surface area contributed by atoms with Gasteiger partial charge in [0, 0.05) is 6.20 Å². The van der Waals surface area contributed by atoms with Crippen LogP contribution in [0.2, 0.25) is 0 Å². The minimum atomic E-state index is 0.417. The van der Waals surface area contributed by atoms with Crippen molar-refractivity contribution in [2.24, 2.45) is 5.10 Å². The van der Waals surface area contributed by atoms with E-state index in [1.807, 2.05) is 6.07 Å². The number of nitrogens with one attached hydrogen (secondary N) is 1. The summed E-state index contributed by atoms with van der Waals surface area (Å²) in [5.41, 5.74) is 10.2. The number of hydrazine groups is 1. The molecule has 0 fully saturated rings. The minimum Gasteiger partial charge on any atom is -0.396 e. The summed E-state index contributed by atoms with van der Waals surface area (Å²) in [6, 6.07) is 7.25. The van der Waals surface area contributed by atoms with Crippen LogP contribution < -0.4 is 16.3 Å². The lowest BCUT2D eigenvalue weighted by atomic mass is 10.1. The van der Waals surface area contributed by atoms with Gasteiger partial charge < -0.3 is 5.73 Å². The Labute approximate surface area is 87.1 Å². The number of hydrogen-bond acceptors (Lipinski definition) is 5. The molecule has 1 aliphatic rings. The first-order valence-electron chi connectivity index (χ1n) is 4.37. The third-order valence-corrected chi connectivity index (χ3v) is 1.99. The van der Waals surface area contributed by atoms with Crippen LogP contribution in [0.5, 0.6) is 0 Å². The van der Waals surface area contributed by atoms with Crippen molar-refractivity contribution in [3.8, 4) is 6.07 Å². The van der Waals surface area contributed by atoms with Crippen molar-refractivity contribution in [1.82, 2.24) is 5.43 Å². The molecule has 0 unspecified atom stereocenters. The van der Waals surface area contributed by atoms with Gasteiger partial charge in [-0.1, -0.05) is 6.07 Å². The number of benzene rings is 1. The molecule has 0 amide bonds. The number of anilines is 2. The lowest BCUT2D eigenvalue weighted by molar-refractivity contribution is 0.776. The number of hydrazone groups is 1. The Bertz CT molecular complexity index is 469. The highest BCUT2D eigenvalue weighted by Crippen LogP contribution is 2.25. The van der Waals surface area contributed by atoms with Crippen molar-refractivity contribution in [2.75, 3.05) is 10.9 Å². The maximum atomic E-state index is 8.82. The normalized spacial score (nSPS) is 13.4. The van der Waals surface area contributed by atoms with Crippen LogP contribution in [-0.2, 0) is 0 Å². The largest absolute Gasteiger partial charge is 0.396 e. The minimum absolute atomic E-state index is 0.417. The van der Waals surface area contributed by atoms with E-state index < -0.39 is 0 Å². The Morgan fingerprint density at radius 3 is 3.00 bits per heavy atom. The second-order valence-corrected chi connectivity index (χ2v) is 2.91. The fourth-order valence-electron chi connectivity index (χ4n) is 1.26. The van der Waals surface area contributed by atoms with E-state index in [1.165, 1.54) is 5.12 Å². The van der Waals surface area contributed by atoms with E-state index >= 15 is 0 Å². The first kappa shape index (κ1) is 9.09. The van der Waals surface area contributed by atoms with Crippen molar-refractivity contribution in [3.05, 3.63) is 36.0 Å². The molecule has 0 aliphatic carbocycles. The van der Waals surface area contributed by atoms with Gasteiger partial charge in [0.15, 0.2) is 0 Å². The first-order valence-corrected chi connectivity index (χ1v) is 4.37. The van der Waals surface area contributed by atoms with Crippen LogP contribution in [0.4, 0.5) is 11.4 Å². The van der Waals surface area contributed by atoms with Crippen molar-refractivity contribution >= 4 is 17.6 Å². The predicted octanol–water partition coefficient (Wildman–Crippen LogP) is 0.965. The van der Waals surface area contributed by atoms with Gasteiger partial charge in [0.25, 0.3) is 0 Å². The summed E-state index contributed by atoms with van der Waals surface area (Å²) in [4.78, 5) is 0. The third kappa shape index (κ3) is 1.60. The van der Waals surface area contributed by atoms with E-state index in [9.17, 15) is 0 Å². The standard InChI is InChI=1S/C10H9N5/c11-7-8-3-1-4-9(10(8)12)15-13-5-2-6-14-15/h1-6,13H,12H2. The highest BCUT2D eigenvalue weighted by molar-refractivity contribution is 5.78. The molecule has 3 N–H and O–H groups in total. The molecule has 15 heavy (non-hydrogen) atoms. The lowest BCUT2D eigenvalue weighted by Gasteiger charge is -2.21. The highest BCUT2D eigenvalue weighted by Gasteiger charge is 2.10. The lowest BCUT2D eigenvalue weighted by Crippen LogP contribution is -2.31. The second-order valence-electron chi connectivity index (χ2n) is 2.91. The van der Waals surface area contributed by atoms with Crippen molar-refractivity contribution < 1.29 is 0 Å². The molecule has 1 aliphatic heterocycles. The Kier molecular flexibility index (Phi) is 2.25. The zero-order chi connectivity index (χ0) is 10.7. The molecule has 5 heteroatoms. The summed E-state index contributed by atoms with van der Waals surface area (Å²) in [7, 11) is 0. The van der Waals surface area contributed by atoms with Gasteiger partial charge in [0.2, 0.25) is 0 Å². The molecule has 0 saturated carbocycles. The average Bonchev–Trinajstić information content (AvgIpc) is 2.30. The highest BCUT2D eigenvalue weighted by atomic mass is 15.7. The summed E-state index contributed by atoms with van der Waals surface area (Å²) in [6.07, 6.45) is 5.13. The molecule has 0 atom stereocenters. The number of allylic oxidation sites excluding steroid dienone is 1. The van der Waals surface area contributed by atoms with Crippen LogP contribution in [-0.4, -0.2) is 6.21 Å². The van der Waals surface area contributed by atoms with Crippen molar-refractivity contribution in [3.63, 3.8) is 0 Å². The molecular weight excluding hydrogens is 190 g/mol. The number of nitrogens with two attached hydrogens (primary N) is 1. The zero-order valence-corrected chi connectivity index (χ0v) is 7.88. The monoisotopic (exact) mass is 199 g/mol. The molecule has 0 radical (unpaired) electrons. The molecule has 0 saturated heterocycles. The molecule has 0 aromatic heterocycles. The number of hydrogen-bond donors (Lipinski definition) is 2. The molecule has 1 aromatic rings. The van der Waals surface area contributed by atoms with Gasteiger partial charge >= 0.3 is 0 Å². The van der Waals surface area contributed by atoms with Crippen LogP contribution in [0.1, 0.15) is 5.56 Å². The van der Waals surface area contributed by atoms with Crippen molar-refractivity contribution in [1.29, 1.82) is 5.26 Å². The summed E-state index contributed by atoms with van der Waals surface area (Å²) in [5.74, 6) is 0. The summed E-state index contributed by atoms with van der Waals surface area (Å²) >= 11 is 0. The molecule has 5 nitrogen and oxygen atoms in total. The second kappa shape index (κ2) is 3.72. The summed E-state index contributed by atoms with van der Waals surface area (Å²) in [5, 5.41) is 14.4. The smallest absolute Gasteiger partial charge is 0.108 e. The van der Waals surface area contributed by atoms with Gasteiger partial charge in [-0.2, -0.15) is 15.5 Å². The quantitative estimate of drug-likeness (QED) is 0.660. The van der Waals surface area contributed by atoms with Crippen molar-refractivity contribution in [2.45, 2.75) is 0 Å². The maximum Gasteiger partial charge on any atom is 0.108 e. The van der Waals surface area contributed by atoms with Gasteiger partial charge in [-0.15, -0.1) is 0 Å². The van der Waals surface area contributed by atoms with E-state index in [0.717, 1.165) is 0 Å². The molecule has 1 heterocycles. The number of nitrogen functional groups attached to an aromatic ring is 1. The Hall–Kier alpha value is -2.48. The van der Waals surface area contributed by atoms with Crippen LogP contribution in [0.15, 0.2) is 35.6 Å². The Morgan fingerprint density at radius 2 is 2.33 bits per heavy atom. The number of rotatable bonds is 1. The SMILES string of the molecule is N#Cc1cccc(N2N=CC=CN2)c1N. The summed E-state index contributed by atoms with van der Waals surface area (Å²) < 4.78 is 0. The van der Waals surface area contributed by atoms with Gasteiger partial charge in [-0.3, -0.25) is 5.43 Å². The van der Waals surface area contributed by atoms with Gasteiger partial charge in [0.1, 0.15) is 11.8 Å². The fraction of sp³-hybridized carbons (Fsp3) is 0. The first-order chi connectivity index (χ1) is 7.33. The Balaban J connectivity index is 2.41. The van der Waals surface area contributed by atoms with E-state index in [2.05, 4.69) is 10.5 Å². The van der Waals surface area contributed by atoms with E-state index in [-0.39, 0.29) is 0 Å². The number of para-hydroxylation sites is 1. The van der Waals surface area contributed by atoms with Crippen LogP contribution in [0.3, 0.4) is 0 Å². The molecular formula is C10H9N5. The van der Waals surface area contributed by atoms with Gasteiger partial charge in [0.05, 0.1) is 17.5 Å². The molecule has 1 aromatic carbocycles. The van der Waals surface area contributed by atoms with E-state index in [4.69, 9.17) is 11.0 Å². The van der Waals surface area contributed by atoms with Gasteiger partial charge in [-0.25, -0.2) is 0 Å². The van der Waals surface area contributed by atoms with Crippen LogP contribution in [0, 0.1) is 11.3 Å². The van der Waals surface area contributed by atoms with Crippen LogP contribution in [0.25, 0.3) is 0 Å². The predicted molar refractivity (Wildman–Crippen MR) is 58.8 cm³/mol. The van der Waals surface area contributed by atoms with E-state index in [0.29, 0.717) is 16.9 Å². The zero-order valence-electron chi connectivity index (χ0n) is 7.88. The van der Waals surface area contributed by atoms with Gasteiger partial charge in [-0.05, 0) is 18.2 Å². The Morgan fingerprint density at radius 1 is 1.47 bits per heavy atom. The molecule has 0 bridgehead atoms. The topological polar surface area (TPSA) is 77.4 Å².